The van der Waals surface area contributed by atoms with E-state index in [0.717, 1.165) is 16.3 Å². The first-order valence-electron chi connectivity index (χ1n) is 7.28. The van der Waals surface area contributed by atoms with Crippen LogP contribution in [0, 0.1) is 0 Å². The van der Waals surface area contributed by atoms with Gasteiger partial charge in [0.05, 0.1) is 13.2 Å². The Morgan fingerprint density at radius 3 is 2.64 bits per heavy atom. The first-order chi connectivity index (χ1) is 10.7. The van der Waals surface area contributed by atoms with Crippen molar-refractivity contribution >= 4 is 17.2 Å². The van der Waals surface area contributed by atoms with Crippen LogP contribution in [0.15, 0.2) is 29.6 Å². The molecular formula is C16H20N2O3S. The number of nitrogens with zero attached hydrogens (tertiary/aromatic N) is 2. The Labute approximate surface area is 134 Å². The molecule has 118 valence electrons. The molecule has 0 unspecified atom stereocenters. The number of hydrogen-bond acceptors (Lipinski definition) is 5. The third-order valence-electron chi connectivity index (χ3n) is 3.17. The van der Waals surface area contributed by atoms with Crippen molar-refractivity contribution in [1.82, 2.24) is 9.88 Å². The van der Waals surface area contributed by atoms with Crippen LogP contribution in [0.2, 0.25) is 0 Å². The number of ether oxygens (including phenoxy) is 1. The van der Waals surface area contributed by atoms with E-state index in [4.69, 9.17) is 9.84 Å². The fourth-order valence-corrected chi connectivity index (χ4v) is 2.85. The number of aromatic nitrogens is 1. The molecular weight excluding hydrogens is 300 g/mol. The van der Waals surface area contributed by atoms with Crippen molar-refractivity contribution in [1.29, 1.82) is 0 Å². The molecule has 5 nitrogen and oxygen atoms in total. The molecule has 0 radical (unpaired) electrons. The Morgan fingerprint density at radius 2 is 2.05 bits per heavy atom. The number of thiazole rings is 1. The number of carbonyl (C=O) groups excluding carboxylic acids is 1. The molecule has 1 heterocycles. The SMILES string of the molecule is CCOc1ccc(-c2nc(C(=O)N(CC)CCO)cs2)cc1. The van der Waals surface area contributed by atoms with Gasteiger partial charge in [0.25, 0.3) is 5.91 Å². The van der Waals surface area contributed by atoms with E-state index in [-0.39, 0.29) is 12.5 Å². The Kier molecular flexibility index (Phi) is 5.91. The lowest BCUT2D eigenvalue weighted by Gasteiger charge is -2.18. The average Bonchev–Trinajstić information content (AvgIpc) is 3.03. The second-order valence-electron chi connectivity index (χ2n) is 4.60. The number of benzene rings is 1. The lowest BCUT2D eigenvalue weighted by atomic mass is 10.2. The zero-order valence-corrected chi connectivity index (χ0v) is 13.6. The smallest absolute Gasteiger partial charge is 0.273 e. The minimum absolute atomic E-state index is 0.0462. The number of likely N-dealkylation sites (N-methyl/N-ethyl adjacent to an activating group) is 1. The van der Waals surface area contributed by atoms with Crippen LogP contribution in [0.4, 0.5) is 0 Å². The van der Waals surface area contributed by atoms with Gasteiger partial charge >= 0.3 is 0 Å². The summed E-state index contributed by atoms with van der Waals surface area (Å²) in [5, 5.41) is 11.5. The number of aliphatic hydroxyl groups excluding tert-OH is 1. The summed E-state index contributed by atoms with van der Waals surface area (Å²) in [6, 6.07) is 7.66. The molecule has 1 N–H and O–H groups in total. The monoisotopic (exact) mass is 320 g/mol. The van der Waals surface area contributed by atoms with Crippen molar-refractivity contribution in [2.45, 2.75) is 13.8 Å². The molecule has 0 spiro atoms. The summed E-state index contributed by atoms with van der Waals surface area (Å²) in [6.45, 7) is 5.29. The van der Waals surface area contributed by atoms with Gasteiger partial charge in [-0.05, 0) is 38.1 Å². The van der Waals surface area contributed by atoms with Gasteiger partial charge in [-0.25, -0.2) is 4.98 Å². The lowest BCUT2D eigenvalue weighted by molar-refractivity contribution is 0.0727. The van der Waals surface area contributed by atoms with Crippen LogP contribution in [0.1, 0.15) is 24.3 Å². The summed E-state index contributed by atoms with van der Waals surface area (Å²) >= 11 is 1.43. The number of rotatable bonds is 7. The molecule has 0 aliphatic heterocycles. The van der Waals surface area contributed by atoms with Crippen LogP contribution >= 0.6 is 11.3 Å². The maximum Gasteiger partial charge on any atom is 0.273 e. The second kappa shape index (κ2) is 7.91. The van der Waals surface area contributed by atoms with Crippen LogP contribution in [0.5, 0.6) is 5.75 Å². The molecule has 1 aromatic heterocycles. The highest BCUT2D eigenvalue weighted by atomic mass is 32.1. The van der Waals surface area contributed by atoms with Gasteiger partial charge < -0.3 is 14.7 Å². The zero-order valence-electron chi connectivity index (χ0n) is 12.8. The molecule has 0 aliphatic rings. The molecule has 0 bridgehead atoms. The Morgan fingerprint density at radius 1 is 1.32 bits per heavy atom. The van der Waals surface area contributed by atoms with E-state index in [2.05, 4.69) is 4.98 Å². The van der Waals surface area contributed by atoms with Crippen LogP contribution in [0.3, 0.4) is 0 Å². The van der Waals surface area contributed by atoms with Gasteiger partial charge in [0, 0.05) is 24.0 Å². The minimum atomic E-state index is -0.148. The largest absolute Gasteiger partial charge is 0.494 e. The molecule has 2 rings (SSSR count). The molecule has 2 aromatic rings. The third kappa shape index (κ3) is 3.84. The fourth-order valence-electron chi connectivity index (χ4n) is 2.05. The molecule has 1 aromatic carbocycles. The van der Waals surface area contributed by atoms with Gasteiger partial charge in [0.2, 0.25) is 0 Å². The Hall–Kier alpha value is -1.92. The molecule has 0 saturated carbocycles. The van der Waals surface area contributed by atoms with Crippen LogP contribution < -0.4 is 4.74 Å². The topological polar surface area (TPSA) is 62.7 Å². The van der Waals surface area contributed by atoms with Crippen molar-refractivity contribution < 1.29 is 14.6 Å². The standard InChI is InChI=1S/C16H20N2O3S/c1-3-18(9-10-19)16(20)14-11-22-15(17-14)12-5-7-13(8-6-12)21-4-2/h5-8,11,19H,3-4,9-10H2,1-2H3. The normalized spacial score (nSPS) is 10.5. The molecule has 1 amide bonds. The minimum Gasteiger partial charge on any atom is -0.494 e. The third-order valence-corrected chi connectivity index (χ3v) is 4.07. The van der Waals surface area contributed by atoms with E-state index in [9.17, 15) is 4.79 Å². The maximum atomic E-state index is 12.3. The molecule has 0 aliphatic carbocycles. The van der Waals surface area contributed by atoms with Crippen LogP contribution in [-0.4, -0.2) is 47.2 Å². The number of hydrogen-bond donors (Lipinski definition) is 1. The number of aliphatic hydroxyl groups is 1. The van der Waals surface area contributed by atoms with Crippen molar-refractivity contribution in [3.05, 3.63) is 35.3 Å². The van der Waals surface area contributed by atoms with E-state index >= 15 is 0 Å². The van der Waals surface area contributed by atoms with Gasteiger partial charge in [0.15, 0.2) is 0 Å². The van der Waals surface area contributed by atoms with Gasteiger partial charge in [-0.3, -0.25) is 4.79 Å². The summed E-state index contributed by atoms with van der Waals surface area (Å²) in [5.74, 6) is 0.671. The first kappa shape index (κ1) is 16.5. The van der Waals surface area contributed by atoms with Gasteiger partial charge in [-0.1, -0.05) is 0 Å². The number of carbonyl (C=O) groups is 1. The highest BCUT2D eigenvalue weighted by molar-refractivity contribution is 7.13. The average molecular weight is 320 g/mol. The summed E-state index contributed by atoms with van der Waals surface area (Å²) in [6.07, 6.45) is 0. The van der Waals surface area contributed by atoms with E-state index in [1.54, 1.807) is 10.3 Å². The van der Waals surface area contributed by atoms with Crippen LogP contribution in [-0.2, 0) is 0 Å². The van der Waals surface area contributed by atoms with Gasteiger partial charge in [-0.15, -0.1) is 11.3 Å². The maximum absolute atomic E-state index is 12.3. The van der Waals surface area contributed by atoms with Crippen LogP contribution in [0.25, 0.3) is 10.6 Å². The molecule has 22 heavy (non-hydrogen) atoms. The van der Waals surface area contributed by atoms with Gasteiger partial charge in [0.1, 0.15) is 16.5 Å². The number of amides is 1. The van der Waals surface area contributed by atoms with E-state index in [1.807, 2.05) is 38.1 Å². The first-order valence-corrected chi connectivity index (χ1v) is 8.16. The quantitative estimate of drug-likeness (QED) is 0.852. The predicted molar refractivity (Wildman–Crippen MR) is 87.4 cm³/mol. The van der Waals surface area contributed by atoms with Gasteiger partial charge in [-0.2, -0.15) is 0 Å². The molecule has 0 atom stereocenters. The summed E-state index contributed by atoms with van der Waals surface area (Å²) in [4.78, 5) is 18.3. The van der Waals surface area contributed by atoms with Crippen molar-refractivity contribution in [3.63, 3.8) is 0 Å². The fraction of sp³-hybridized carbons (Fsp3) is 0.375. The molecule has 0 fully saturated rings. The predicted octanol–water partition coefficient (Wildman–Crippen LogP) is 2.66. The van der Waals surface area contributed by atoms with Crippen molar-refractivity contribution in [3.8, 4) is 16.3 Å². The highest BCUT2D eigenvalue weighted by Crippen LogP contribution is 2.26. The van der Waals surface area contributed by atoms with Crippen molar-refractivity contribution in [2.24, 2.45) is 0 Å². The molecule has 6 heteroatoms. The van der Waals surface area contributed by atoms with E-state index < -0.39 is 0 Å². The molecule has 0 saturated heterocycles. The summed E-state index contributed by atoms with van der Waals surface area (Å²) in [7, 11) is 0. The zero-order chi connectivity index (χ0) is 15.9. The summed E-state index contributed by atoms with van der Waals surface area (Å²) < 4.78 is 5.41. The second-order valence-corrected chi connectivity index (χ2v) is 5.46. The Balaban J connectivity index is 2.15. The van der Waals surface area contributed by atoms with E-state index in [0.29, 0.717) is 25.4 Å². The summed E-state index contributed by atoms with van der Waals surface area (Å²) in [5.41, 5.74) is 1.38. The lowest BCUT2D eigenvalue weighted by Crippen LogP contribution is -2.33. The Bertz CT molecular complexity index is 610. The highest BCUT2D eigenvalue weighted by Gasteiger charge is 2.17. The van der Waals surface area contributed by atoms with Crippen molar-refractivity contribution in [2.75, 3.05) is 26.3 Å². The van der Waals surface area contributed by atoms with E-state index in [1.165, 1.54) is 11.3 Å².